The van der Waals surface area contributed by atoms with E-state index in [1.165, 1.54) is 107 Å². The van der Waals surface area contributed by atoms with Crippen LogP contribution < -0.4 is 0 Å². The van der Waals surface area contributed by atoms with Crippen molar-refractivity contribution in [3.05, 3.63) is 0 Å². The fraction of sp³-hybridized carbons (Fsp3) is 1.00. The van der Waals surface area contributed by atoms with Crippen LogP contribution in [0.15, 0.2) is 0 Å². The molecule has 0 unspecified atom stereocenters. The van der Waals surface area contributed by atoms with Gasteiger partial charge in [-0.05, 0) is 0 Å². The van der Waals surface area contributed by atoms with Crippen LogP contribution in [0.25, 0.3) is 0 Å². The zero-order valence-corrected chi connectivity index (χ0v) is 14.6. The topological polar surface area (TPSA) is 0 Å². The van der Waals surface area contributed by atoms with E-state index in [9.17, 15) is 0 Å². The molecular formula is C14H29Pb. The molecule has 3 radical (unpaired) electrons. The van der Waals surface area contributed by atoms with Crippen molar-refractivity contribution < 1.29 is 0 Å². The molecule has 0 bridgehead atoms. The van der Waals surface area contributed by atoms with Gasteiger partial charge in [-0.25, -0.2) is 0 Å². The molecule has 1 heteroatoms. The molecule has 0 atom stereocenters. The predicted molar refractivity (Wildman–Crippen MR) is 71.6 cm³/mol. The van der Waals surface area contributed by atoms with Gasteiger partial charge in [0.1, 0.15) is 0 Å². The fourth-order valence-corrected chi connectivity index (χ4v) is 2.94. The standard InChI is InChI=1S/C14H29.Pb/c1-3-5-7-9-11-13-14-12-10-8-6-4-2;/h1,3-14H2,2H3;. The van der Waals surface area contributed by atoms with Crippen LogP contribution in [0.2, 0.25) is 3.98 Å². The summed E-state index contributed by atoms with van der Waals surface area (Å²) in [4.78, 5) is 0. The Labute approximate surface area is 113 Å². The third kappa shape index (κ3) is 14.9. The number of hydrogen-bond donors (Lipinski definition) is 0. The van der Waals surface area contributed by atoms with Crippen LogP contribution in [0.5, 0.6) is 0 Å². The van der Waals surface area contributed by atoms with Crippen molar-refractivity contribution in [1.29, 1.82) is 0 Å². The predicted octanol–water partition coefficient (Wildman–Crippen LogP) is 5.27. The second-order valence-corrected chi connectivity index (χ2v) is 6.58. The van der Waals surface area contributed by atoms with Gasteiger partial charge in [0.05, 0.1) is 0 Å². The van der Waals surface area contributed by atoms with E-state index in [4.69, 9.17) is 0 Å². The Bertz CT molecular complexity index is 89.5. The van der Waals surface area contributed by atoms with Crippen molar-refractivity contribution in [2.24, 2.45) is 0 Å². The van der Waals surface area contributed by atoms with E-state index in [0.29, 0.717) is 0 Å². The summed E-state index contributed by atoms with van der Waals surface area (Å²) in [6.45, 7) is 2.29. The Morgan fingerprint density at radius 3 is 1.20 bits per heavy atom. The van der Waals surface area contributed by atoms with Crippen molar-refractivity contribution in [3.8, 4) is 0 Å². The van der Waals surface area contributed by atoms with Crippen molar-refractivity contribution >= 4 is 25.8 Å². The van der Waals surface area contributed by atoms with Gasteiger partial charge in [0.25, 0.3) is 0 Å². The molecule has 0 aliphatic carbocycles. The van der Waals surface area contributed by atoms with Crippen molar-refractivity contribution in [3.63, 3.8) is 0 Å². The minimum atomic E-state index is 1.38. The molecule has 0 saturated carbocycles. The SMILES string of the molecule is CCCCCCCCCCCCC[CH2][Pb]. The van der Waals surface area contributed by atoms with E-state index in [1.54, 1.807) is 0 Å². The molecule has 0 aliphatic heterocycles. The van der Waals surface area contributed by atoms with Gasteiger partial charge in [-0.2, -0.15) is 0 Å². The molecular weight excluding hydrogens is 375 g/mol. The Morgan fingerprint density at radius 2 is 0.867 bits per heavy atom. The Kier molecular flexibility index (Phi) is 15.8. The molecule has 0 nitrogen and oxygen atoms in total. The van der Waals surface area contributed by atoms with Crippen LogP contribution in [0.4, 0.5) is 0 Å². The number of unbranched alkanes of at least 4 members (excludes halogenated alkanes) is 11. The van der Waals surface area contributed by atoms with E-state index < -0.39 is 0 Å². The van der Waals surface area contributed by atoms with Crippen LogP contribution in [0.1, 0.15) is 84.0 Å². The summed E-state index contributed by atoms with van der Waals surface area (Å²) in [5, 5.41) is 0. The first kappa shape index (κ1) is 15.9. The molecule has 0 aromatic rings. The molecule has 0 aromatic carbocycles. The molecule has 0 spiro atoms. The van der Waals surface area contributed by atoms with Gasteiger partial charge in [0.2, 0.25) is 0 Å². The van der Waals surface area contributed by atoms with Crippen molar-refractivity contribution in [2.45, 2.75) is 88.0 Å². The summed E-state index contributed by atoms with van der Waals surface area (Å²) in [5.74, 6) is 0. The zero-order valence-electron chi connectivity index (χ0n) is 10.7. The van der Waals surface area contributed by atoms with Gasteiger partial charge >= 0.3 is 100 Å². The number of rotatable bonds is 12. The molecule has 0 amide bonds. The van der Waals surface area contributed by atoms with Crippen LogP contribution in [0, 0.1) is 0 Å². The summed E-state index contributed by atoms with van der Waals surface area (Å²) < 4.78 is 1.51. The maximum atomic E-state index is 2.29. The van der Waals surface area contributed by atoms with Crippen LogP contribution in [-0.2, 0) is 0 Å². The second-order valence-electron chi connectivity index (χ2n) is 4.64. The van der Waals surface area contributed by atoms with Gasteiger partial charge in [-0.1, -0.05) is 13.3 Å². The van der Waals surface area contributed by atoms with Gasteiger partial charge < -0.3 is 0 Å². The average molecular weight is 405 g/mol. The zero-order chi connectivity index (χ0) is 11.2. The molecule has 0 heterocycles. The summed E-state index contributed by atoms with van der Waals surface area (Å²) in [6.07, 6.45) is 17.7. The van der Waals surface area contributed by atoms with Gasteiger partial charge in [-0.3, -0.25) is 0 Å². The summed E-state index contributed by atoms with van der Waals surface area (Å²) in [7, 11) is 0. The molecule has 0 saturated heterocycles. The van der Waals surface area contributed by atoms with E-state index in [-0.39, 0.29) is 0 Å². The molecule has 0 aromatic heterocycles. The van der Waals surface area contributed by atoms with Gasteiger partial charge in [0.15, 0.2) is 0 Å². The first-order valence-corrected chi connectivity index (χ1v) is 9.81. The molecule has 0 aliphatic rings. The minimum absolute atomic E-state index is 1.38. The first-order valence-electron chi connectivity index (χ1n) is 7.06. The molecule has 89 valence electrons. The average Bonchev–Trinajstić information content (AvgIpc) is 2.26. The van der Waals surface area contributed by atoms with E-state index >= 15 is 0 Å². The van der Waals surface area contributed by atoms with E-state index in [1.807, 2.05) is 0 Å². The molecule has 0 N–H and O–H groups in total. The third-order valence-electron chi connectivity index (χ3n) is 3.03. The van der Waals surface area contributed by atoms with Gasteiger partial charge in [-0.15, -0.1) is 0 Å². The van der Waals surface area contributed by atoms with Crippen LogP contribution >= 0.6 is 0 Å². The molecule has 15 heavy (non-hydrogen) atoms. The van der Waals surface area contributed by atoms with Crippen molar-refractivity contribution in [2.75, 3.05) is 0 Å². The quantitative estimate of drug-likeness (QED) is 0.307. The normalized spacial score (nSPS) is 10.8. The first-order chi connectivity index (χ1) is 7.41. The monoisotopic (exact) mass is 405 g/mol. The molecule has 0 rings (SSSR count). The van der Waals surface area contributed by atoms with Crippen LogP contribution in [-0.4, -0.2) is 25.8 Å². The summed E-state index contributed by atoms with van der Waals surface area (Å²) in [6, 6.07) is 0. The Balaban J connectivity index is 2.81. The molecule has 0 fully saturated rings. The van der Waals surface area contributed by atoms with E-state index in [2.05, 4.69) is 6.92 Å². The Hall–Kier alpha value is 0.922. The maximum absolute atomic E-state index is 2.29. The summed E-state index contributed by atoms with van der Waals surface area (Å²) in [5.41, 5.74) is 0. The van der Waals surface area contributed by atoms with Gasteiger partial charge in [0, 0.05) is 0 Å². The van der Waals surface area contributed by atoms with Crippen molar-refractivity contribution in [1.82, 2.24) is 0 Å². The fourth-order valence-electron chi connectivity index (χ4n) is 1.97. The van der Waals surface area contributed by atoms with Crippen LogP contribution in [0.3, 0.4) is 0 Å². The Morgan fingerprint density at radius 1 is 0.533 bits per heavy atom. The third-order valence-corrected chi connectivity index (χ3v) is 4.40. The number of hydrogen-bond acceptors (Lipinski definition) is 0. The summed E-state index contributed by atoms with van der Waals surface area (Å²) >= 11 is 1.41. The van der Waals surface area contributed by atoms with E-state index in [0.717, 1.165) is 0 Å². The second kappa shape index (κ2) is 14.9.